The highest BCUT2D eigenvalue weighted by Gasteiger charge is 2.36. The predicted octanol–water partition coefficient (Wildman–Crippen LogP) is 4.02. The summed E-state index contributed by atoms with van der Waals surface area (Å²) in [5.41, 5.74) is 4.44. The Morgan fingerprint density at radius 1 is 1.08 bits per heavy atom. The summed E-state index contributed by atoms with van der Waals surface area (Å²) >= 11 is 0. The number of nitrogens with zero attached hydrogens (tertiary/aromatic N) is 4. The summed E-state index contributed by atoms with van der Waals surface area (Å²) in [6, 6.07) is 19.1. The number of benzene rings is 3. The lowest BCUT2D eigenvalue weighted by Crippen LogP contribution is -2.31. The molecule has 0 aliphatic carbocycles. The molecule has 9 nitrogen and oxygen atoms in total. The maximum Gasteiger partial charge on any atom is 0.274 e. The van der Waals surface area contributed by atoms with E-state index in [1.807, 2.05) is 59.2 Å². The molecule has 0 saturated heterocycles. The first kappa shape index (κ1) is 20.5. The van der Waals surface area contributed by atoms with Gasteiger partial charge in [-0.05, 0) is 23.1 Å². The predicted molar refractivity (Wildman–Crippen MR) is 136 cm³/mol. The SMILES string of the molecule is N=c1ncn(C[C@@H]2CN(C(=O)c3cc4ccccc4[nH]3)c3cc(O)c4ccccc4c32)c2nc[nH]c12. The van der Waals surface area contributed by atoms with Gasteiger partial charge in [-0.15, -0.1) is 0 Å². The number of para-hydroxylation sites is 1. The molecule has 176 valence electrons. The number of rotatable bonds is 3. The monoisotopic (exact) mass is 475 g/mol. The summed E-state index contributed by atoms with van der Waals surface area (Å²) in [5, 5.41) is 21.5. The number of aromatic nitrogens is 5. The quantitative estimate of drug-likeness (QED) is 0.308. The fourth-order valence-corrected chi connectivity index (χ4v) is 5.40. The van der Waals surface area contributed by atoms with Crippen molar-refractivity contribution >= 4 is 44.4 Å². The van der Waals surface area contributed by atoms with Gasteiger partial charge >= 0.3 is 0 Å². The largest absolute Gasteiger partial charge is 0.507 e. The van der Waals surface area contributed by atoms with Crippen LogP contribution in [0.2, 0.25) is 0 Å². The van der Waals surface area contributed by atoms with Crippen molar-refractivity contribution in [3.63, 3.8) is 0 Å². The average Bonchev–Trinajstić information content (AvgIpc) is 3.63. The number of hydrogen-bond donors (Lipinski definition) is 4. The van der Waals surface area contributed by atoms with Crippen molar-refractivity contribution in [2.45, 2.75) is 12.5 Å². The first-order chi connectivity index (χ1) is 17.6. The Hall–Kier alpha value is -4.92. The van der Waals surface area contributed by atoms with Gasteiger partial charge in [0.25, 0.3) is 5.91 Å². The average molecular weight is 476 g/mol. The molecule has 1 aliphatic heterocycles. The van der Waals surface area contributed by atoms with Crippen molar-refractivity contribution in [1.82, 2.24) is 24.5 Å². The lowest BCUT2D eigenvalue weighted by molar-refractivity contribution is 0.0984. The molecule has 9 heteroatoms. The molecule has 6 aromatic rings. The second-order valence-electron chi connectivity index (χ2n) is 9.10. The van der Waals surface area contributed by atoms with Gasteiger partial charge in [-0.1, -0.05) is 42.5 Å². The molecule has 1 aliphatic rings. The Labute approximate surface area is 204 Å². The Kier molecular flexibility index (Phi) is 4.28. The third-order valence-corrected chi connectivity index (χ3v) is 7.02. The number of anilines is 1. The maximum absolute atomic E-state index is 13.8. The number of phenols is 1. The number of nitrogens with one attached hydrogen (secondary N) is 3. The van der Waals surface area contributed by atoms with E-state index < -0.39 is 0 Å². The summed E-state index contributed by atoms with van der Waals surface area (Å²) in [6.45, 7) is 0.936. The van der Waals surface area contributed by atoms with Crippen molar-refractivity contribution in [2.75, 3.05) is 11.4 Å². The summed E-state index contributed by atoms with van der Waals surface area (Å²) < 4.78 is 1.91. The molecule has 0 radical (unpaired) electrons. The van der Waals surface area contributed by atoms with Crippen LogP contribution >= 0.6 is 0 Å². The summed E-state index contributed by atoms with van der Waals surface area (Å²) in [4.78, 5) is 30.4. The third-order valence-electron chi connectivity index (χ3n) is 7.02. The number of amides is 1. The minimum Gasteiger partial charge on any atom is -0.507 e. The smallest absolute Gasteiger partial charge is 0.274 e. The highest BCUT2D eigenvalue weighted by atomic mass is 16.3. The fraction of sp³-hybridized carbons (Fsp3) is 0.111. The van der Waals surface area contributed by atoms with Crippen molar-refractivity contribution < 1.29 is 9.90 Å². The molecule has 0 spiro atoms. The molecule has 4 N–H and O–H groups in total. The molecule has 7 rings (SSSR count). The van der Waals surface area contributed by atoms with Crippen LogP contribution < -0.4 is 10.4 Å². The Morgan fingerprint density at radius 2 is 1.89 bits per heavy atom. The zero-order valence-corrected chi connectivity index (χ0v) is 19.1. The number of hydrogen-bond acceptors (Lipinski definition) is 5. The van der Waals surface area contributed by atoms with E-state index in [9.17, 15) is 9.90 Å². The molecular formula is C27H21N7O2. The van der Waals surface area contributed by atoms with Crippen molar-refractivity contribution in [3.05, 3.63) is 90.1 Å². The lowest BCUT2D eigenvalue weighted by atomic mass is 9.94. The van der Waals surface area contributed by atoms with Gasteiger partial charge in [0.2, 0.25) is 0 Å². The van der Waals surface area contributed by atoms with Gasteiger partial charge in [0.1, 0.15) is 17.0 Å². The van der Waals surface area contributed by atoms with Gasteiger partial charge in [0.15, 0.2) is 11.1 Å². The van der Waals surface area contributed by atoms with Gasteiger partial charge < -0.3 is 24.5 Å². The number of phenolic OH excluding ortho intramolecular Hbond substituents is 1. The minimum absolute atomic E-state index is 0.0814. The van der Waals surface area contributed by atoms with Crippen molar-refractivity contribution in [3.8, 4) is 5.75 Å². The normalized spacial score (nSPS) is 15.2. The van der Waals surface area contributed by atoms with E-state index in [1.165, 1.54) is 0 Å². The highest BCUT2D eigenvalue weighted by Crippen LogP contribution is 2.46. The molecule has 0 fully saturated rings. The number of fused-ring (bicyclic) bond motifs is 5. The standard InChI is InChI=1S/C27H21N7O2/c28-25-24-26(30-13-29-24)33(14-31-25)11-16-12-34(27(36)20-9-15-5-1-4-8-19(15)32-20)21-10-22(35)17-6-2-3-7-18(17)23(16)21/h1-10,13-14,16,28,32,35H,11-12H2,(H,29,30)/t16-/m1/s1. The van der Waals surface area contributed by atoms with Crippen molar-refractivity contribution in [2.24, 2.45) is 0 Å². The number of carbonyl (C=O) groups is 1. The molecule has 0 saturated carbocycles. The molecule has 0 unspecified atom stereocenters. The molecule has 3 aromatic heterocycles. The third kappa shape index (κ3) is 2.96. The van der Waals surface area contributed by atoms with Crippen LogP contribution in [-0.4, -0.2) is 42.1 Å². The van der Waals surface area contributed by atoms with E-state index in [0.29, 0.717) is 35.6 Å². The van der Waals surface area contributed by atoms with Crippen LogP contribution in [0, 0.1) is 5.41 Å². The molecule has 4 heterocycles. The lowest BCUT2D eigenvalue weighted by Gasteiger charge is -2.18. The summed E-state index contributed by atoms with van der Waals surface area (Å²) in [6.07, 6.45) is 3.18. The van der Waals surface area contributed by atoms with E-state index in [-0.39, 0.29) is 23.1 Å². The van der Waals surface area contributed by atoms with Gasteiger partial charge in [-0.2, -0.15) is 0 Å². The molecule has 3 aromatic carbocycles. The van der Waals surface area contributed by atoms with Crippen LogP contribution in [0.5, 0.6) is 5.75 Å². The Balaban J connectivity index is 1.37. The second kappa shape index (κ2) is 7.54. The molecule has 36 heavy (non-hydrogen) atoms. The van der Waals surface area contributed by atoms with Gasteiger partial charge in [-0.3, -0.25) is 10.2 Å². The van der Waals surface area contributed by atoms with Gasteiger partial charge in [0, 0.05) is 41.4 Å². The number of aromatic amines is 2. The van der Waals surface area contributed by atoms with Crippen molar-refractivity contribution in [1.29, 1.82) is 5.41 Å². The molecule has 1 atom stereocenters. The minimum atomic E-state index is -0.154. The molecule has 1 amide bonds. The number of aromatic hydroxyl groups is 1. The van der Waals surface area contributed by atoms with Crippen LogP contribution in [0.1, 0.15) is 22.0 Å². The van der Waals surface area contributed by atoms with Crippen LogP contribution in [0.3, 0.4) is 0 Å². The van der Waals surface area contributed by atoms with Crippen LogP contribution in [0.15, 0.2) is 73.3 Å². The van der Waals surface area contributed by atoms with Gasteiger partial charge in [0.05, 0.1) is 18.3 Å². The van der Waals surface area contributed by atoms with E-state index in [1.54, 1.807) is 23.6 Å². The Bertz CT molecular complexity index is 1850. The van der Waals surface area contributed by atoms with Crippen LogP contribution in [-0.2, 0) is 6.54 Å². The first-order valence-electron chi connectivity index (χ1n) is 11.7. The maximum atomic E-state index is 13.8. The van der Waals surface area contributed by atoms with E-state index in [4.69, 9.17) is 5.41 Å². The zero-order valence-electron chi connectivity index (χ0n) is 19.1. The topological polar surface area (TPSA) is 127 Å². The zero-order chi connectivity index (χ0) is 24.4. The summed E-state index contributed by atoms with van der Waals surface area (Å²) in [5.74, 6) is -0.0942. The fourth-order valence-electron chi connectivity index (χ4n) is 5.40. The van der Waals surface area contributed by atoms with E-state index >= 15 is 0 Å². The second-order valence-corrected chi connectivity index (χ2v) is 9.10. The summed E-state index contributed by atoms with van der Waals surface area (Å²) in [7, 11) is 0. The number of H-pyrrole nitrogens is 2. The molecular weight excluding hydrogens is 454 g/mol. The van der Waals surface area contributed by atoms with E-state index in [2.05, 4.69) is 19.9 Å². The Morgan fingerprint density at radius 3 is 2.75 bits per heavy atom. The number of imidazole rings is 1. The van der Waals surface area contributed by atoms with E-state index in [0.717, 1.165) is 27.2 Å². The van der Waals surface area contributed by atoms with Gasteiger partial charge in [-0.25, -0.2) is 9.97 Å². The number of carbonyl (C=O) groups excluding carboxylic acids is 1. The molecule has 0 bridgehead atoms. The highest BCUT2D eigenvalue weighted by molar-refractivity contribution is 6.11. The van der Waals surface area contributed by atoms with Crippen LogP contribution in [0.25, 0.3) is 32.8 Å². The first-order valence-corrected chi connectivity index (χ1v) is 11.7. The van der Waals surface area contributed by atoms with Crippen LogP contribution in [0.4, 0.5) is 5.69 Å².